The summed E-state index contributed by atoms with van der Waals surface area (Å²) in [5, 5.41) is 11.3. The Morgan fingerprint density at radius 1 is 1.00 bits per heavy atom. The van der Waals surface area contributed by atoms with Crippen molar-refractivity contribution in [1.82, 2.24) is 0 Å². The number of anilines is 1. The van der Waals surface area contributed by atoms with E-state index in [0.717, 1.165) is 12.8 Å². The first-order valence-electron chi connectivity index (χ1n) is 9.65. The topological polar surface area (TPSA) is 80.5 Å². The maximum atomic E-state index is 13.3. The fraction of sp³-hybridized carbons (Fsp3) is 0.364. The Bertz CT molecular complexity index is 1000. The number of aryl methyl sites for hydroxylation is 1. The van der Waals surface area contributed by atoms with E-state index in [1.165, 1.54) is 16.5 Å². The summed E-state index contributed by atoms with van der Waals surface area (Å²) in [6.07, 6.45) is 1.84. The maximum Gasteiger partial charge on any atom is 0.274 e. The lowest BCUT2D eigenvalue weighted by Gasteiger charge is -2.28. The molecule has 5 rings (SSSR count). The third-order valence-corrected chi connectivity index (χ3v) is 6.89. The number of amides is 2. The number of nitro benzene ring substituents is 1. The zero-order valence-electron chi connectivity index (χ0n) is 15.4. The van der Waals surface area contributed by atoms with E-state index >= 15 is 0 Å². The number of hydrogen-bond donors (Lipinski definition) is 0. The molecule has 2 saturated carbocycles. The van der Waals surface area contributed by atoms with Crippen LogP contribution in [0.25, 0.3) is 0 Å². The van der Waals surface area contributed by atoms with Gasteiger partial charge < -0.3 is 0 Å². The van der Waals surface area contributed by atoms with Gasteiger partial charge in [-0.15, -0.1) is 0 Å². The van der Waals surface area contributed by atoms with Gasteiger partial charge in [-0.3, -0.25) is 19.7 Å². The van der Waals surface area contributed by atoms with E-state index in [1.54, 1.807) is 19.1 Å². The van der Waals surface area contributed by atoms with Crippen molar-refractivity contribution in [3.63, 3.8) is 0 Å². The SMILES string of the molecule is Cc1ccc(N2C(=O)C3C4CC(c5ccccc5)C(C4)C3C2=O)cc1[N+](=O)[O-]. The van der Waals surface area contributed by atoms with Crippen molar-refractivity contribution in [3.8, 4) is 0 Å². The number of carbonyl (C=O) groups excluding carboxylic acids is 2. The number of nitrogens with zero attached hydrogens (tertiary/aromatic N) is 2. The molecule has 1 saturated heterocycles. The maximum absolute atomic E-state index is 13.3. The van der Waals surface area contributed by atoms with Crippen LogP contribution in [0.1, 0.15) is 29.9 Å². The van der Waals surface area contributed by atoms with E-state index in [2.05, 4.69) is 12.1 Å². The lowest BCUT2D eigenvalue weighted by atomic mass is 9.73. The Kier molecular flexibility index (Phi) is 3.66. The van der Waals surface area contributed by atoms with Crippen LogP contribution in [0.3, 0.4) is 0 Å². The van der Waals surface area contributed by atoms with Crippen molar-refractivity contribution in [2.75, 3.05) is 4.90 Å². The Hall–Kier alpha value is -3.02. The Labute approximate surface area is 162 Å². The fourth-order valence-corrected chi connectivity index (χ4v) is 5.73. The second kappa shape index (κ2) is 5.99. The highest BCUT2D eigenvalue weighted by atomic mass is 16.6. The standard InChI is InChI=1S/C22H20N2O4/c1-12-7-8-15(11-18(12)24(27)28)23-21(25)19-14-9-16(13-5-3-2-4-6-13)17(10-14)20(19)22(23)26/h2-8,11,14,16-17,19-20H,9-10H2,1H3. The molecule has 3 fully saturated rings. The van der Waals surface area contributed by atoms with Crippen LogP contribution < -0.4 is 4.90 Å². The molecular formula is C22H20N2O4. The molecule has 28 heavy (non-hydrogen) atoms. The number of nitro groups is 1. The van der Waals surface area contributed by atoms with E-state index in [-0.39, 0.29) is 41.2 Å². The van der Waals surface area contributed by atoms with Crippen molar-refractivity contribution >= 4 is 23.2 Å². The van der Waals surface area contributed by atoms with Crippen molar-refractivity contribution in [2.45, 2.75) is 25.7 Å². The van der Waals surface area contributed by atoms with Crippen LogP contribution in [0, 0.1) is 40.7 Å². The average molecular weight is 376 g/mol. The van der Waals surface area contributed by atoms with Gasteiger partial charge in [0.2, 0.25) is 11.8 Å². The largest absolute Gasteiger partial charge is 0.274 e. The predicted molar refractivity (Wildman–Crippen MR) is 103 cm³/mol. The molecule has 142 valence electrons. The second-order valence-electron chi connectivity index (χ2n) is 8.20. The number of rotatable bonds is 3. The van der Waals surface area contributed by atoms with Gasteiger partial charge in [-0.1, -0.05) is 36.4 Å². The third-order valence-electron chi connectivity index (χ3n) is 6.89. The summed E-state index contributed by atoms with van der Waals surface area (Å²) in [7, 11) is 0. The molecule has 2 aromatic carbocycles. The fourth-order valence-electron chi connectivity index (χ4n) is 5.73. The predicted octanol–water partition coefficient (Wildman–Crippen LogP) is 3.83. The molecule has 6 nitrogen and oxygen atoms in total. The minimum Gasteiger partial charge on any atom is -0.274 e. The number of benzene rings is 2. The summed E-state index contributed by atoms with van der Waals surface area (Å²) < 4.78 is 0. The summed E-state index contributed by atoms with van der Waals surface area (Å²) in [6.45, 7) is 1.65. The Morgan fingerprint density at radius 3 is 2.43 bits per heavy atom. The van der Waals surface area contributed by atoms with Crippen LogP contribution in [0.2, 0.25) is 0 Å². The second-order valence-corrected chi connectivity index (χ2v) is 8.20. The highest BCUT2D eigenvalue weighted by molar-refractivity contribution is 6.22. The molecule has 2 aromatic rings. The van der Waals surface area contributed by atoms with E-state index in [1.807, 2.05) is 18.2 Å². The molecule has 0 spiro atoms. The van der Waals surface area contributed by atoms with Gasteiger partial charge in [0.25, 0.3) is 5.69 Å². The van der Waals surface area contributed by atoms with E-state index in [0.29, 0.717) is 17.2 Å². The Balaban J connectivity index is 1.50. The molecule has 0 aromatic heterocycles. The lowest BCUT2D eigenvalue weighted by Crippen LogP contribution is -2.33. The zero-order valence-corrected chi connectivity index (χ0v) is 15.4. The van der Waals surface area contributed by atoms with Gasteiger partial charge in [0, 0.05) is 11.6 Å². The third kappa shape index (κ3) is 2.27. The van der Waals surface area contributed by atoms with Crippen LogP contribution in [-0.4, -0.2) is 16.7 Å². The normalized spacial score (nSPS) is 30.8. The number of imide groups is 1. The quantitative estimate of drug-likeness (QED) is 0.463. The molecule has 1 heterocycles. The van der Waals surface area contributed by atoms with Crippen molar-refractivity contribution in [2.24, 2.45) is 23.7 Å². The minimum absolute atomic E-state index is 0.0692. The number of hydrogen-bond acceptors (Lipinski definition) is 4. The molecule has 5 unspecified atom stereocenters. The van der Waals surface area contributed by atoms with Gasteiger partial charge in [-0.2, -0.15) is 0 Å². The van der Waals surface area contributed by atoms with Gasteiger partial charge in [0.1, 0.15) is 0 Å². The summed E-state index contributed by atoms with van der Waals surface area (Å²) >= 11 is 0. The average Bonchev–Trinajstić information content (AvgIpc) is 3.35. The lowest BCUT2D eigenvalue weighted by molar-refractivity contribution is -0.385. The first-order valence-corrected chi connectivity index (χ1v) is 9.65. The molecule has 3 aliphatic rings. The number of carbonyl (C=O) groups is 2. The van der Waals surface area contributed by atoms with Crippen LogP contribution in [0.5, 0.6) is 0 Å². The van der Waals surface area contributed by atoms with Crippen LogP contribution >= 0.6 is 0 Å². The van der Waals surface area contributed by atoms with Crippen LogP contribution in [-0.2, 0) is 9.59 Å². The van der Waals surface area contributed by atoms with Crippen molar-refractivity contribution < 1.29 is 14.5 Å². The zero-order chi connectivity index (χ0) is 19.6. The molecule has 5 atom stereocenters. The number of fused-ring (bicyclic) bond motifs is 5. The van der Waals surface area contributed by atoms with Gasteiger partial charge in [0.15, 0.2) is 0 Å². The molecule has 2 amide bonds. The summed E-state index contributed by atoms with van der Waals surface area (Å²) in [5.41, 5.74) is 1.99. The minimum atomic E-state index is -0.472. The van der Waals surface area contributed by atoms with E-state index < -0.39 is 4.92 Å². The van der Waals surface area contributed by atoms with Crippen molar-refractivity contribution in [1.29, 1.82) is 0 Å². The summed E-state index contributed by atoms with van der Waals surface area (Å²) in [6, 6.07) is 14.8. The van der Waals surface area contributed by atoms with E-state index in [4.69, 9.17) is 0 Å². The summed E-state index contributed by atoms with van der Waals surface area (Å²) in [5.74, 6) is -0.291. The monoisotopic (exact) mass is 376 g/mol. The molecule has 0 N–H and O–H groups in total. The molecule has 2 aliphatic carbocycles. The van der Waals surface area contributed by atoms with Crippen LogP contribution in [0.4, 0.5) is 11.4 Å². The first kappa shape index (κ1) is 17.1. The molecule has 0 radical (unpaired) electrons. The van der Waals surface area contributed by atoms with Gasteiger partial charge >= 0.3 is 0 Å². The highest BCUT2D eigenvalue weighted by Crippen LogP contribution is 2.61. The van der Waals surface area contributed by atoms with Gasteiger partial charge in [-0.05, 0) is 49.1 Å². The molecular weight excluding hydrogens is 356 g/mol. The highest BCUT2D eigenvalue weighted by Gasteiger charge is 2.64. The smallest absolute Gasteiger partial charge is 0.274 e. The molecule has 2 bridgehead atoms. The van der Waals surface area contributed by atoms with E-state index in [9.17, 15) is 19.7 Å². The van der Waals surface area contributed by atoms with Gasteiger partial charge in [0.05, 0.1) is 22.4 Å². The first-order chi connectivity index (χ1) is 13.5. The Morgan fingerprint density at radius 2 is 1.71 bits per heavy atom. The summed E-state index contributed by atoms with van der Waals surface area (Å²) in [4.78, 5) is 38.4. The molecule has 6 heteroatoms. The van der Waals surface area contributed by atoms with Crippen molar-refractivity contribution in [3.05, 3.63) is 69.8 Å². The van der Waals surface area contributed by atoms with Crippen LogP contribution in [0.15, 0.2) is 48.5 Å². The van der Waals surface area contributed by atoms with Gasteiger partial charge in [-0.25, -0.2) is 4.90 Å². The molecule has 1 aliphatic heterocycles.